The molecule has 7 heteroatoms. The molecule has 3 rings (SSSR count). The molecule has 0 aromatic heterocycles. The van der Waals surface area contributed by atoms with Gasteiger partial charge in [0, 0.05) is 12.0 Å². The second kappa shape index (κ2) is 11.5. The molecule has 180 valence electrons. The molecule has 2 atom stereocenters. The van der Waals surface area contributed by atoms with E-state index in [2.05, 4.69) is 0 Å². The van der Waals surface area contributed by atoms with Crippen molar-refractivity contribution < 1.29 is 28.5 Å². The summed E-state index contributed by atoms with van der Waals surface area (Å²) < 4.78 is 26.6. The summed E-state index contributed by atoms with van der Waals surface area (Å²) in [6.07, 6.45) is 7.10. The van der Waals surface area contributed by atoms with E-state index >= 15 is 0 Å². The van der Waals surface area contributed by atoms with Gasteiger partial charge in [-0.15, -0.1) is 0 Å². The van der Waals surface area contributed by atoms with Crippen molar-refractivity contribution in [3.8, 4) is 23.0 Å². The van der Waals surface area contributed by atoms with Gasteiger partial charge in [-0.2, -0.15) is 0 Å². The van der Waals surface area contributed by atoms with Gasteiger partial charge in [0.25, 0.3) is 0 Å². The molecule has 0 radical (unpaired) electrons. The summed E-state index contributed by atoms with van der Waals surface area (Å²) in [7, 11) is 6.34. The number of hydrogen-bond donors (Lipinski definition) is 1. The van der Waals surface area contributed by atoms with Gasteiger partial charge in [0.15, 0.2) is 28.8 Å². The molecule has 1 saturated heterocycles. The monoisotopic (exact) mass is 465 g/mol. The fourth-order valence-electron chi connectivity index (χ4n) is 3.49. The minimum Gasteiger partial charge on any atom is -0.493 e. The molecule has 2 N–H and O–H groups in total. The Hall–Kier alpha value is -3.55. The van der Waals surface area contributed by atoms with Crippen LogP contribution in [0.25, 0.3) is 12.2 Å². The zero-order valence-corrected chi connectivity index (χ0v) is 20.2. The first-order valence-corrected chi connectivity index (χ1v) is 10.9. The van der Waals surface area contributed by atoms with Crippen molar-refractivity contribution >= 4 is 17.9 Å². The maximum Gasteiger partial charge on any atom is 0.182 e. The maximum absolute atomic E-state index is 13.1. The second-order valence-electron chi connectivity index (χ2n) is 7.76. The number of ketones is 1. The van der Waals surface area contributed by atoms with Crippen molar-refractivity contribution in [1.29, 1.82) is 0 Å². The molecule has 0 saturated carbocycles. The lowest BCUT2D eigenvalue weighted by Crippen LogP contribution is -2.10. The van der Waals surface area contributed by atoms with Crippen LogP contribution in [0.2, 0.25) is 0 Å². The summed E-state index contributed by atoms with van der Waals surface area (Å²) in [5, 5.41) is 0. The topological polar surface area (TPSA) is 92.5 Å². The number of carbonyl (C=O) groups excluding carboxylic acids is 1. The summed E-state index contributed by atoms with van der Waals surface area (Å²) in [6, 6.07) is 11.1. The van der Waals surface area contributed by atoms with Gasteiger partial charge in [0.05, 0.1) is 28.4 Å². The highest BCUT2D eigenvalue weighted by atomic mass is 16.6. The van der Waals surface area contributed by atoms with Crippen molar-refractivity contribution in [3.05, 3.63) is 70.8 Å². The van der Waals surface area contributed by atoms with Gasteiger partial charge in [-0.1, -0.05) is 30.4 Å². The third-order valence-corrected chi connectivity index (χ3v) is 5.57. The average Bonchev–Trinajstić information content (AvgIpc) is 3.57. The molecule has 0 spiro atoms. The Bertz CT molecular complexity index is 1120. The van der Waals surface area contributed by atoms with Gasteiger partial charge in [-0.3, -0.25) is 4.79 Å². The third kappa shape index (κ3) is 6.27. The van der Waals surface area contributed by atoms with Crippen molar-refractivity contribution in [2.24, 2.45) is 5.73 Å². The largest absolute Gasteiger partial charge is 0.493 e. The van der Waals surface area contributed by atoms with Crippen LogP contribution in [0.4, 0.5) is 0 Å². The molecule has 1 aliphatic heterocycles. The first-order chi connectivity index (χ1) is 16.4. The van der Waals surface area contributed by atoms with E-state index in [0.29, 0.717) is 35.0 Å². The normalized spacial score (nSPS) is 18.1. The Morgan fingerprint density at radius 1 is 0.853 bits per heavy atom. The predicted octanol–water partition coefficient (Wildman–Crippen LogP) is 4.41. The Labute approximate surface area is 200 Å². The summed E-state index contributed by atoms with van der Waals surface area (Å²) >= 11 is 0. The minimum absolute atomic E-state index is 0.105. The highest BCUT2D eigenvalue weighted by molar-refractivity contribution is 6.07. The predicted molar refractivity (Wildman–Crippen MR) is 132 cm³/mol. The maximum atomic E-state index is 13.1. The zero-order valence-electron chi connectivity index (χ0n) is 20.2. The first kappa shape index (κ1) is 25.1. The van der Waals surface area contributed by atoms with Crippen molar-refractivity contribution in [1.82, 2.24) is 0 Å². The molecule has 7 nitrogen and oxygen atoms in total. The van der Waals surface area contributed by atoms with E-state index in [0.717, 1.165) is 16.7 Å². The van der Waals surface area contributed by atoms with Gasteiger partial charge in [0.2, 0.25) is 0 Å². The van der Waals surface area contributed by atoms with Gasteiger partial charge in [-0.05, 0) is 54.0 Å². The molecule has 34 heavy (non-hydrogen) atoms. The Morgan fingerprint density at radius 3 is 1.76 bits per heavy atom. The van der Waals surface area contributed by atoms with Gasteiger partial charge in [0.1, 0.15) is 12.3 Å². The van der Waals surface area contributed by atoms with E-state index in [1.165, 1.54) is 0 Å². The molecule has 1 fully saturated rings. The lowest BCUT2D eigenvalue weighted by Gasteiger charge is -2.09. The molecule has 2 aromatic carbocycles. The summed E-state index contributed by atoms with van der Waals surface area (Å²) in [6.45, 7) is 1.91. The Morgan fingerprint density at radius 2 is 1.32 bits per heavy atom. The van der Waals surface area contributed by atoms with E-state index in [4.69, 9.17) is 29.4 Å². The number of allylic oxidation sites excluding steroid dienone is 3. The first-order valence-electron chi connectivity index (χ1n) is 10.9. The van der Waals surface area contributed by atoms with Crippen molar-refractivity contribution in [2.75, 3.05) is 28.4 Å². The van der Waals surface area contributed by atoms with Crippen LogP contribution in [-0.4, -0.2) is 46.6 Å². The number of ether oxygens (including phenoxy) is 5. The van der Waals surface area contributed by atoms with Gasteiger partial charge < -0.3 is 29.4 Å². The number of carbonyl (C=O) groups is 1. The quantitative estimate of drug-likeness (QED) is 0.299. The Kier molecular flexibility index (Phi) is 8.51. The highest BCUT2D eigenvalue weighted by Crippen LogP contribution is 2.31. The molecular formula is C27H31NO6. The number of nitrogens with two attached hydrogens (primary N) is 1. The SMILES string of the molecule is COc1ccc(/C=C/C(=O)/C(CC2OC2N)=C(C)/C=C/c2ccc(OC)c(OC)c2)cc1OC. The molecule has 0 aliphatic carbocycles. The van der Waals surface area contributed by atoms with Gasteiger partial charge >= 0.3 is 0 Å². The molecule has 2 unspecified atom stereocenters. The van der Waals surface area contributed by atoms with Crippen molar-refractivity contribution in [3.63, 3.8) is 0 Å². The molecule has 2 aromatic rings. The van der Waals surface area contributed by atoms with Crippen LogP contribution in [0.3, 0.4) is 0 Å². The fourth-order valence-corrected chi connectivity index (χ4v) is 3.49. The summed E-state index contributed by atoms with van der Waals surface area (Å²) in [5.74, 6) is 2.41. The number of methoxy groups -OCH3 is 4. The van der Waals surface area contributed by atoms with E-state index in [-0.39, 0.29) is 18.1 Å². The lowest BCUT2D eigenvalue weighted by molar-refractivity contribution is -0.111. The molecule has 1 heterocycles. The smallest absolute Gasteiger partial charge is 0.182 e. The van der Waals surface area contributed by atoms with Gasteiger partial charge in [-0.25, -0.2) is 0 Å². The minimum atomic E-state index is -0.333. The average molecular weight is 466 g/mol. The molecule has 0 bridgehead atoms. The number of epoxide rings is 1. The number of rotatable bonds is 11. The van der Waals surface area contributed by atoms with Crippen LogP contribution in [-0.2, 0) is 9.53 Å². The third-order valence-electron chi connectivity index (χ3n) is 5.57. The summed E-state index contributed by atoms with van der Waals surface area (Å²) in [5.41, 5.74) is 9.04. The van der Waals surface area contributed by atoms with Crippen LogP contribution < -0.4 is 24.7 Å². The van der Waals surface area contributed by atoms with Crippen LogP contribution in [0.1, 0.15) is 24.5 Å². The van der Waals surface area contributed by atoms with Crippen LogP contribution >= 0.6 is 0 Å². The van der Waals surface area contributed by atoms with E-state index in [1.807, 2.05) is 49.4 Å². The fraction of sp³-hybridized carbons (Fsp3) is 0.296. The van der Waals surface area contributed by atoms with E-state index in [9.17, 15) is 4.79 Å². The molecular weight excluding hydrogens is 434 g/mol. The van der Waals surface area contributed by atoms with Crippen LogP contribution in [0.5, 0.6) is 23.0 Å². The zero-order chi connectivity index (χ0) is 24.7. The van der Waals surface area contributed by atoms with E-state index < -0.39 is 0 Å². The van der Waals surface area contributed by atoms with Crippen molar-refractivity contribution in [2.45, 2.75) is 25.7 Å². The second-order valence-corrected chi connectivity index (χ2v) is 7.76. The number of benzene rings is 2. The van der Waals surface area contributed by atoms with Crippen LogP contribution in [0, 0.1) is 0 Å². The number of hydrogen-bond acceptors (Lipinski definition) is 7. The highest BCUT2D eigenvalue weighted by Gasteiger charge is 2.36. The van der Waals surface area contributed by atoms with Crippen LogP contribution in [0.15, 0.2) is 59.7 Å². The Balaban J connectivity index is 1.84. The van der Waals surface area contributed by atoms with E-state index in [1.54, 1.807) is 46.7 Å². The standard InChI is InChI=1S/C27H31NO6/c1-17(6-7-18-9-12-22(30-2)24(14-18)32-4)20(16-26-27(28)34-26)21(29)11-8-19-10-13-23(31-3)25(15-19)33-5/h6-15,26-27H,16,28H2,1-5H3/b7-6+,11-8+,20-17+. The summed E-state index contributed by atoms with van der Waals surface area (Å²) in [4.78, 5) is 13.1. The molecule has 1 aliphatic rings. The lowest BCUT2D eigenvalue weighted by atomic mass is 9.98. The molecule has 0 amide bonds.